The summed E-state index contributed by atoms with van der Waals surface area (Å²) >= 11 is 0. The molecule has 1 N–H and O–H groups in total. The minimum absolute atomic E-state index is 0.131. The summed E-state index contributed by atoms with van der Waals surface area (Å²) in [6, 6.07) is 0. The van der Waals surface area contributed by atoms with E-state index < -0.39 is 5.60 Å². The largest absolute Gasteiger partial charge is 0.386 e. The van der Waals surface area contributed by atoms with Gasteiger partial charge in [-0.25, -0.2) is 0 Å². The Labute approximate surface area is 105 Å². The van der Waals surface area contributed by atoms with Gasteiger partial charge in [-0.2, -0.15) is 0 Å². The van der Waals surface area contributed by atoms with Crippen LogP contribution in [0.4, 0.5) is 0 Å². The molecule has 2 heteroatoms. The second-order valence-electron chi connectivity index (χ2n) is 6.68. The zero-order valence-electron chi connectivity index (χ0n) is 11.6. The van der Waals surface area contributed by atoms with Crippen LogP contribution in [0.1, 0.15) is 53.4 Å². The van der Waals surface area contributed by atoms with Crippen LogP contribution in [0.25, 0.3) is 0 Å². The van der Waals surface area contributed by atoms with Crippen molar-refractivity contribution < 1.29 is 9.84 Å². The fourth-order valence-corrected chi connectivity index (χ4v) is 2.81. The molecule has 0 radical (unpaired) electrons. The van der Waals surface area contributed by atoms with E-state index in [0.717, 1.165) is 12.8 Å². The number of allylic oxidation sites excluding steroid dienone is 1. The van der Waals surface area contributed by atoms with E-state index in [1.165, 1.54) is 12.8 Å². The van der Waals surface area contributed by atoms with Gasteiger partial charge in [0.25, 0.3) is 0 Å². The SMILES string of the molecule is C[C@H](CC[C@H]1OC1(C)C)[C@H]1C=C[C@@](C)(O)CC1. The Morgan fingerprint density at radius 1 is 1.41 bits per heavy atom. The molecule has 17 heavy (non-hydrogen) atoms. The third kappa shape index (κ3) is 3.32. The fourth-order valence-electron chi connectivity index (χ4n) is 2.81. The quantitative estimate of drug-likeness (QED) is 0.602. The van der Waals surface area contributed by atoms with Crippen molar-refractivity contribution in [1.29, 1.82) is 0 Å². The number of aliphatic hydroxyl groups is 1. The van der Waals surface area contributed by atoms with Gasteiger partial charge < -0.3 is 9.84 Å². The van der Waals surface area contributed by atoms with Crippen molar-refractivity contribution in [2.45, 2.75) is 70.7 Å². The highest BCUT2D eigenvalue weighted by Crippen LogP contribution is 2.40. The zero-order valence-corrected chi connectivity index (χ0v) is 11.6. The molecule has 0 aromatic heterocycles. The lowest BCUT2D eigenvalue weighted by Crippen LogP contribution is -2.27. The van der Waals surface area contributed by atoms with Crippen LogP contribution in [0.3, 0.4) is 0 Å². The van der Waals surface area contributed by atoms with Crippen LogP contribution in [0, 0.1) is 11.8 Å². The van der Waals surface area contributed by atoms with Crippen molar-refractivity contribution in [3.05, 3.63) is 12.2 Å². The van der Waals surface area contributed by atoms with E-state index in [9.17, 15) is 5.11 Å². The summed E-state index contributed by atoms with van der Waals surface area (Å²) in [6.45, 7) is 8.55. The number of rotatable bonds is 4. The van der Waals surface area contributed by atoms with Crippen molar-refractivity contribution in [3.63, 3.8) is 0 Å². The zero-order chi connectivity index (χ0) is 12.7. The summed E-state index contributed by atoms with van der Waals surface area (Å²) in [5.74, 6) is 1.33. The van der Waals surface area contributed by atoms with E-state index in [4.69, 9.17) is 4.74 Å². The fraction of sp³-hybridized carbons (Fsp3) is 0.867. The van der Waals surface area contributed by atoms with Gasteiger partial charge in [0.15, 0.2) is 0 Å². The van der Waals surface area contributed by atoms with Gasteiger partial charge in [0.05, 0.1) is 17.3 Å². The van der Waals surface area contributed by atoms with E-state index in [0.29, 0.717) is 17.9 Å². The number of hydrogen-bond donors (Lipinski definition) is 1. The number of epoxide rings is 1. The number of hydrogen-bond acceptors (Lipinski definition) is 2. The average Bonchev–Trinajstić information content (AvgIpc) is 2.83. The molecular formula is C15H26O2. The van der Waals surface area contributed by atoms with E-state index >= 15 is 0 Å². The highest BCUT2D eigenvalue weighted by molar-refractivity contribution is 5.06. The lowest BCUT2D eigenvalue weighted by atomic mass is 9.78. The van der Waals surface area contributed by atoms with Crippen LogP contribution in [0.5, 0.6) is 0 Å². The molecule has 1 aliphatic carbocycles. The first-order chi connectivity index (χ1) is 7.80. The molecule has 2 nitrogen and oxygen atoms in total. The maximum atomic E-state index is 9.86. The van der Waals surface area contributed by atoms with Crippen LogP contribution >= 0.6 is 0 Å². The molecular weight excluding hydrogens is 212 g/mol. The third-order valence-corrected chi connectivity index (χ3v) is 4.47. The van der Waals surface area contributed by atoms with Gasteiger partial charge in [-0.15, -0.1) is 0 Å². The minimum atomic E-state index is -0.572. The molecule has 1 saturated heterocycles. The maximum absolute atomic E-state index is 9.86. The second kappa shape index (κ2) is 4.40. The molecule has 2 rings (SSSR count). The molecule has 0 unspecified atom stereocenters. The lowest BCUT2D eigenvalue weighted by Gasteiger charge is -2.30. The monoisotopic (exact) mass is 238 g/mol. The van der Waals surface area contributed by atoms with E-state index in [-0.39, 0.29) is 5.60 Å². The van der Waals surface area contributed by atoms with E-state index in [1.807, 2.05) is 13.0 Å². The Hall–Kier alpha value is -0.340. The third-order valence-electron chi connectivity index (χ3n) is 4.47. The Morgan fingerprint density at radius 2 is 2.06 bits per heavy atom. The van der Waals surface area contributed by atoms with Crippen LogP contribution in [-0.2, 0) is 4.74 Å². The molecule has 1 aliphatic heterocycles. The first-order valence-electron chi connectivity index (χ1n) is 6.90. The van der Waals surface area contributed by atoms with Crippen molar-refractivity contribution >= 4 is 0 Å². The molecule has 0 spiro atoms. The van der Waals surface area contributed by atoms with Crippen molar-refractivity contribution in [2.24, 2.45) is 11.8 Å². The van der Waals surface area contributed by atoms with E-state index in [2.05, 4.69) is 26.8 Å². The first kappa shape index (κ1) is 13.1. The highest BCUT2D eigenvalue weighted by Gasteiger charge is 2.47. The van der Waals surface area contributed by atoms with Gasteiger partial charge in [0.2, 0.25) is 0 Å². The first-order valence-corrected chi connectivity index (χ1v) is 6.90. The predicted molar refractivity (Wildman–Crippen MR) is 69.8 cm³/mol. The minimum Gasteiger partial charge on any atom is -0.386 e. The standard InChI is InChI=1S/C15H26O2/c1-11(5-6-13-14(2,3)17-13)12-7-9-15(4,16)10-8-12/h7,9,11-13,16H,5-6,8,10H2,1-4H3/t11-,12+,13-,15-/m1/s1. The molecule has 98 valence electrons. The van der Waals surface area contributed by atoms with Crippen molar-refractivity contribution in [3.8, 4) is 0 Å². The summed E-state index contributed by atoms with van der Waals surface area (Å²) in [7, 11) is 0. The maximum Gasteiger partial charge on any atom is 0.0892 e. The highest BCUT2D eigenvalue weighted by atomic mass is 16.6. The normalized spacial score (nSPS) is 41.2. The molecule has 1 heterocycles. The molecule has 0 bridgehead atoms. The van der Waals surface area contributed by atoms with Crippen LogP contribution < -0.4 is 0 Å². The van der Waals surface area contributed by atoms with Crippen LogP contribution in [-0.4, -0.2) is 22.4 Å². The molecule has 0 aromatic carbocycles. The molecule has 2 aliphatic rings. The van der Waals surface area contributed by atoms with Crippen LogP contribution in [0.15, 0.2) is 12.2 Å². The van der Waals surface area contributed by atoms with Gasteiger partial charge in [-0.3, -0.25) is 0 Å². The lowest BCUT2D eigenvalue weighted by molar-refractivity contribution is 0.0830. The molecule has 0 aromatic rings. The number of ether oxygens (including phenoxy) is 1. The van der Waals surface area contributed by atoms with Gasteiger partial charge in [0.1, 0.15) is 0 Å². The summed E-state index contributed by atoms with van der Waals surface area (Å²) in [5, 5.41) is 9.86. The topological polar surface area (TPSA) is 32.8 Å². The Bertz CT molecular complexity index is 304. The molecule has 0 amide bonds. The summed E-state index contributed by atoms with van der Waals surface area (Å²) in [4.78, 5) is 0. The van der Waals surface area contributed by atoms with Gasteiger partial charge in [-0.05, 0) is 58.3 Å². The summed E-state index contributed by atoms with van der Waals surface area (Å²) in [5.41, 5.74) is -0.441. The predicted octanol–water partition coefficient (Wildman–Crippen LogP) is 3.30. The van der Waals surface area contributed by atoms with Gasteiger partial charge in [-0.1, -0.05) is 19.1 Å². The molecule has 0 saturated carbocycles. The second-order valence-corrected chi connectivity index (χ2v) is 6.68. The Balaban J connectivity index is 1.76. The van der Waals surface area contributed by atoms with E-state index in [1.54, 1.807) is 0 Å². The Morgan fingerprint density at radius 3 is 2.53 bits per heavy atom. The Kier molecular flexibility index (Phi) is 3.39. The summed E-state index contributed by atoms with van der Waals surface area (Å²) in [6.07, 6.45) is 9.08. The van der Waals surface area contributed by atoms with Gasteiger partial charge >= 0.3 is 0 Å². The summed E-state index contributed by atoms with van der Waals surface area (Å²) < 4.78 is 5.62. The average molecular weight is 238 g/mol. The van der Waals surface area contributed by atoms with Crippen LogP contribution in [0.2, 0.25) is 0 Å². The van der Waals surface area contributed by atoms with Crippen molar-refractivity contribution in [2.75, 3.05) is 0 Å². The molecule has 4 atom stereocenters. The van der Waals surface area contributed by atoms with Crippen molar-refractivity contribution in [1.82, 2.24) is 0 Å². The molecule has 1 fully saturated rings. The van der Waals surface area contributed by atoms with Gasteiger partial charge in [0, 0.05) is 0 Å². The smallest absolute Gasteiger partial charge is 0.0892 e.